The second-order valence-corrected chi connectivity index (χ2v) is 22.7. The molecule has 75 heavy (non-hydrogen) atoms. The van der Waals surface area contributed by atoms with Crippen LogP contribution in [0.15, 0.2) is 36.5 Å². The normalized spacial score (nSPS) is 12.2. The number of allylic oxidation sites excluding steroid dienone is 6. The Bertz CT molecular complexity index is 1250. The summed E-state index contributed by atoms with van der Waals surface area (Å²) in [6.07, 6.45) is 78.7. The lowest BCUT2D eigenvalue weighted by atomic mass is 10.0. The third kappa shape index (κ3) is 62.4. The monoisotopic (exact) mass is 1050 g/mol. The van der Waals surface area contributed by atoms with Gasteiger partial charge < -0.3 is 14.2 Å². The van der Waals surface area contributed by atoms with Gasteiger partial charge in [0.1, 0.15) is 13.2 Å². The van der Waals surface area contributed by atoms with Crippen LogP contribution in [0.4, 0.5) is 0 Å². The molecule has 0 rings (SSSR count). The molecule has 1 atom stereocenters. The van der Waals surface area contributed by atoms with E-state index in [1.54, 1.807) is 0 Å². The molecule has 0 aliphatic heterocycles. The largest absolute Gasteiger partial charge is 0.462 e. The molecule has 0 aliphatic carbocycles. The molecule has 440 valence electrons. The van der Waals surface area contributed by atoms with Crippen LogP contribution in [-0.4, -0.2) is 37.2 Å². The van der Waals surface area contributed by atoms with Gasteiger partial charge in [0.25, 0.3) is 0 Å². The summed E-state index contributed by atoms with van der Waals surface area (Å²) < 4.78 is 17.0. The lowest BCUT2D eigenvalue weighted by Crippen LogP contribution is -2.30. The Hall–Kier alpha value is -2.37. The smallest absolute Gasteiger partial charge is 0.306 e. The number of rotatable bonds is 62. The predicted molar refractivity (Wildman–Crippen MR) is 326 cm³/mol. The highest BCUT2D eigenvalue weighted by Gasteiger charge is 2.19. The van der Waals surface area contributed by atoms with Crippen molar-refractivity contribution in [2.75, 3.05) is 13.2 Å². The summed E-state index contributed by atoms with van der Waals surface area (Å²) >= 11 is 0. The van der Waals surface area contributed by atoms with Gasteiger partial charge in [0.15, 0.2) is 6.10 Å². The topological polar surface area (TPSA) is 78.9 Å². The first-order valence-electron chi connectivity index (χ1n) is 33.5. The van der Waals surface area contributed by atoms with E-state index in [9.17, 15) is 14.4 Å². The summed E-state index contributed by atoms with van der Waals surface area (Å²) in [6.45, 7) is 6.68. The molecule has 0 aromatic rings. The predicted octanol–water partition coefficient (Wildman–Crippen LogP) is 22.8. The van der Waals surface area contributed by atoms with Gasteiger partial charge in [-0.15, -0.1) is 0 Å². The first-order valence-corrected chi connectivity index (χ1v) is 33.5. The van der Waals surface area contributed by atoms with Crippen molar-refractivity contribution < 1.29 is 28.6 Å². The molecule has 0 aliphatic rings. The molecule has 0 aromatic heterocycles. The van der Waals surface area contributed by atoms with Gasteiger partial charge in [-0.3, -0.25) is 14.4 Å². The SMILES string of the molecule is CCCCCCC/C=C\C/C=C\C/C=C\CCCCCCCCC(=O)OC(COC(=O)CCCCCCCCCCCCCCC)COC(=O)CCCCCCCCCCCCCCCCCCCCCCCCC. The lowest BCUT2D eigenvalue weighted by molar-refractivity contribution is -0.167. The van der Waals surface area contributed by atoms with Gasteiger partial charge >= 0.3 is 17.9 Å². The number of carbonyl (C=O) groups excluding carboxylic acids is 3. The van der Waals surface area contributed by atoms with Gasteiger partial charge in [-0.2, -0.15) is 0 Å². The van der Waals surface area contributed by atoms with E-state index in [0.29, 0.717) is 19.3 Å². The lowest BCUT2D eigenvalue weighted by Gasteiger charge is -2.18. The number of hydrogen-bond donors (Lipinski definition) is 0. The summed E-state index contributed by atoms with van der Waals surface area (Å²) in [5, 5.41) is 0. The van der Waals surface area contributed by atoms with Crippen LogP contribution < -0.4 is 0 Å². The first-order chi connectivity index (χ1) is 37.0. The fraction of sp³-hybridized carbons (Fsp3) is 0.870. The summed E-state index contributed by atoms with van der Waals surface area (Å²) in [5.41, 5.74) is 0. The number of hydrogen-bond acceptors (Lipinski definition) is 6. The van der Waals surface area contributed by atoms with E-state index < -0.39 is 6.10 Å². The number of carbonyl (C=O) groups is 3. The third-order valence-corrected chi connectivity index (χ3v) is 15.1. The van der Waals surface area contributed by atoms with Crippen LogP contribution in [0, 0.1) is 0 Å². The molecule has 0 heterocycles. The highest BCUT2D eigenvalue weighted by Crippen LogP contribution is 2.18. The minimum Gasteiger partial charge on any atom is -0.462 e. The standard InChI is InChI=1S/C69H128O6/c1-4-7-10-13-16-19-22-25-27-29-31-33-34-36-37-39-41-44-47-50-53-56-59-62-68(71)74-65-66(64-73-67(70)61-58-55-52-49-46-43-24-21-18-15-12-9-6-3)75-69(72)63-60-57-54-51-48-45-42-40-38-35-32-30-28-26-23-20-17-14-11-8-5-2/h23,26,30,32,38,40,66H,4-22,24-25,27-29,31,33-37,39,41-65H2,1-3H3/b26-23-,32-30-,40-38-. The zero-order valence-corrected chi connectivity index (χ0v) is 50.6. The highest BCUT2D eigenvalue weighted by atomic mass is 16.6. The van der Waals surface area contributed by atoms with Gasteiger partial charge in [-0.05, 0) is 57.8 Å². The zero-order chi connectivity index (χ0) is 54.3. The molecule has 0 spiro atoms. The van der Waals surface area contributed by atoms with E-state index in [1.807, 2.05) is 0 Å². The van der Waals surface area contributed by atoms with Crippen LogP contribution in [0.3, 0.4) is 0 Å². The molecule has 0 radical (unpaired) electrons. The van der Waals surface area contributed by atoms with Gasteiger partial charge in [0.05, 0.1) is 0 Å². The van der Waals surface area contributed by atoms with Crippen molar-refractivity contribution in [3.05, 3.63) is 36.5 Å². The van der Waals surface area contributed by atoms with E-state index in [-0.39, 0.29) is 31.1 Å². The Morgan fingerprint density at radius 3 is 0.747 bits per heavy atom. The molecule has 0 fully saturated rings. The maximum absolute atomic E-state index is 12.9. The molecule has 0 N–H and O–H groups in total. The second-order valence-electron chi connectivity index (χ2n) is 22.7. The second kappa shape index (κ2) is 64.2. The summed E-state index contributed by atoms with van der Waals surface area (Å²) in [5.74, 6) is -0.858. The molecule has 0 amide bonds. The summed E-state index contributed by atoms with van der Waals surface area (Å²) in [4.78, 5) is 38.3. The average Bonchev–Trinajstić information content (AvgIpc) is 3.41. The molecule has 0 aromatic carbocycles. The molecular weight excluding hydrogens is 925 g/mol. The Balaban J connectivity index is 4.28. The first kappa shape index (κ1) is 72.6. The van der Waals surface area contributed by atoms with Crippen molar-refractivity contribution in [1.82, 2.24) is 0 Å². The van der Waals surface area contributed by atoms with Crippen LogP contribution in [0.25, 0.3) is 0 Å². The van der Waals surface area contributed by atoms with Crippen molar-refractivity contribution in [3.8, 4) is 0 Å². The summed E-state index contributed by atoms with van der Waals surface area (Å²) in [6, 6.07) is 0. The molecule has 1 unspecified atom stereocenters. The number of esters is 3. The van der Waals surface area contributed by atoms with Crippen molar-refractivity contribution >= 4 is 17.9 Å². The van der Waals surface area contributed by atoms with Crippen molar-refractivity contribution in [1.29, 1.82) is 0 Å². The van der Waals surface area contributed by atoms with E-state index in [1.165, 1.54) is 250 Å². The van der Waals surface area contributed by atoms with Gasteiger partial charge in [-0.25, -0.2) is 0 Å². The molecular formula is C69H128O6. The molecule has 6 nitrogen and oxygen atoms in total. The minimum atomic E-state index is -0.776. The molecule has 0 saturated carbocycles. The van der Waals surface area contributed by atoms with Gasteiger partial charge in [-0.1, -0.05) is 327 Å². The van der Waals surface area contributed by atoms with Crippen LogP contribution in [-0.2, 0) is 28.6 Å². The van der Waals surface area contributed by atoms with Crippen molar-refractivity contribution in [3.63, 3.8) is 0 Å². The van der Waals surface area contributed by atoms with Crippen molar-refractivity contribution in [2.24, 2.45) is 0 Å². The van der Waals surface area contributed by atoms with Crippen LogP contribution in [0.1, 0.15) is 367 Å². The maximum atomic E-state index is 12.9. The number of ether oxygens (including phenoxy) is 3. The fourth-order valence-electron chi connectivity index (χ4n) is 10.1. The molecule has 6 heteroatoms. The Morgan fingerprint density at radius 2 is 0.480 bits per heavy atom. The zero-order valence-electron chi connectivity index (χ0n) is 50.6. The quantitative estimate of drug-likeness (QED) is 0.0261. The van der Waals surface area contributed by atoms with Crippen LogP contribution in [0.2, 0.25) is 0 Å². The average molecular weight is 1050 g/mol. The van der Waals surface area contributed by atoms with E-state index in [0.717, 1.165) is 77.0 Å². The van der Waals surface area contributed by atoms with Crippen LogP contribution >= 0.6 is 0 Å². The van der Waals surface area contributed by atoms with Gasteiger partial charge in [0.2, 0.25) is 0 Å². The summed E-state index contributed by atoms with van der Waals surface area (Å²) in [7, 11) is 0. The highest BCUT2D eigenvalue weighted by molar-refractivity contribution is 5.71. The molecule has 0 bridgehead atoms. The van der Waals surface area contributed by atoms with Crippen molar-refractivity contribution in [2.45, 2.75) is 374 Å². The Labute approximate surface area is 467 Å². The third-order valence-electron chi connectivity index (χ3n) is 15.1. The Morgan fingerprint density at radius 1 is 0.267 bits per heavy atom. The maximum Gasteiger partial charge on any atom is 0.306 e. The van der Waals surface area contributed by atoms with Crippen LogP contribution in [0.5, 0.6) is 0 Å². The molecule has 0 saturated heterocycles. The number of unbranched alkanes of at least 4 members (excludes halogenated alkanes) is 45. The van der Waals surface area contributed by atoms with Gasteiger partial charge in [0, 0.05) is 19.3 Å². The minimum absolute atomic E-state index is 0.0721. The van der Waals surface area contributed by atoms with E-state index >= 15 is 0 Å². The Kier molecular flexibility index (Phi) is 62.1. The van der Waals surface area contributed by atoms with E-state index in [4.69, 9.17) is 14.2 Å². The van der Waals surface area contributed by atoms with E-state index in [2.05, 4.69) is 57.2 Å². The fourth-order valence-corrected chi connectivity index (χ4v) is 10.1.